The number of benzene rings is 2. The lowest BCUT2D eigenvalue weighted by molar-refractivity contribution is 0.254. The van der Waals surface area contributed by atoms with Crippen molar-refractivity contribution in [3.63, 3.8) is 0 Å². The molecule has 0 saturated carbocycles. The van der Waals surface area contributed by atoms with Crippen molar-refractivity contribution >= 4 is 28.9 Å². The number of nitrogens with zero attached hydrogens (tertiary/aromatic N) is 1. The average Bonchev–Trinajstić information content (AvgIpc) is 2.67. The van der Waals surface area contributed by atoms with Gasteiger partial charge in [-0.15, -0.1) is 0 Å². The highest BCUT2D eigenvalue weighted by molar-refractivity contribution is 7.80. The van der Waals surface area contributed by atoms with Crippen molar-refractivity contribution in [2.24, 2.45) is 5.92 Å². The number of rotatable bonds is 5. The van der Waals surface area contributed by atoms with Crippen LogP contribution in [-0.2, 0) is 13.0 Å². The van der Waals surface area contributed by atoms with Gasteiger partial charge in [0, 0.05) is 24.7 Å². The molecule has 2 nitrogen and oxygen atoms in total. The number of likely N-dealkylation sites (tertiary alicyclic amines) is 1. The minimum atomic E-state index is -0.211. The lowest BCUT2D eigenvalue weighted by atomic mass is 9.91. The van der Waals surface area contributed by atoms with Gasteiger partial charge in [-0.1, -0.05) is 35.9 Å². The molecule has 1 N–H and O–H groups in total. The van der Waals surface area contributed by atoms with Crippen LogP contribution in [0.15, 0.2) is 48.5 Å². The molecule has 0 atom stereocenters. The first-order valence-electron chi connectivity index (χ1n) is 9.12. The zero-order chi connectivity index (χ0) is 18.4. The Kier molecular flexibility index (Phi) is 6.86. The highest BCUT2D eigenvalue weighted by Crippen LogP contribution is 2.23. The normalized spacial score (nSPS) is 15.1. The number of piperidine rings is 1. The Morgan fingerprint density at radius 3 is 2.31 bits per heavy atom. The lowest BCUT2D eigenvalue weighted by Crippen LogP contribution is -2.44. The zero-order valence-corrected chi connectivity index (χ0v) is 16.3. The first-order valence-corrected chi connectivity index (χ1v) is 9.90. The fourth-order valence-corrected chi connectivity index (χ4v) is 3.72. The molecule has 0 aromatic heterocycles. The van der Waals surface area contributed by atoms with E-state index in [0.717, 1.165) is 41.1 Å². The third kappa shape index (κ3) is 5.68. The molecule has 0 radical (unpaired) electrons. The minimum Gasteiger partial charge on any atom is -0.358 e. The van der Waals surface area contributed by atoms with Gasteiger partial charge in [-0.2, -0.15) is 0 Å². The summed E-state index contributed by atoms with van der Waals surface area (Å²) in [5.41, 5.74) is 2.39. The Morgan fingerprint density at radius 1 is 1.04 bits per heavy atom. The second-order valence-electron chi connectivity index (χ2n) is 6.88. The van der Waals surface area contributed by atoms with Crippen molar-refractivity contribution < 1.29 is 4.39 Å². The second kappa shape index (κ2) is 9.33. The number of aryl methyl sites for hydroxylation is 1. The van der Waals surface area contributed by atoms with E-state index in [1.54, 1.807) is 12.1 Å². The van der Waals surface area contributed by atoms with Gasteiger partial charge in [0.05, 0.1) is 0 Å². The summed E-state index contributed by atoms with van der Waals surface area (Å²) in [5.74, 6) is 0.541. The summed E-state index contributed by atoms with van der Waals surface area (Å²) in [6, 6.07) is 14.7. The van der Waals surface area contributed by atoms with Crippen LogP contribution in [0.3, 0.4) is 0 Å². The van der Waals surface area contributed by atoms with Gasteiger partial charge in [0.15, 0.2) is 5.11 Å². The fourth-order valence-electron chi connectivity index (χ4n) is 3.34. The van der Waals surface area contributed by atoms with E-state index in [2.05, 4.69) is 22.3 Å². The van der Waals surface area contributed by atoms with Crippen molar-refractivity contribution in [1.29, 1.82) is 0 Å². The summed E-state index contributed by atoms with van der Waals surface area (Å²) in [7, 11) is 0. The molecule has 2 aromatic rings. The molecule has 0 aliphatic carbocycles. The summed E-state index contributed by atoms with van der Waals surface area (Å²) in [6.45, 7) is 2.64. The molecule has 1 fully saturated rings. The van der Waals surface area contributed by atoms with Gasteiger partial charge >= 0.3 is 0 Å². The average molecular weight is 391 g/mol. The molecular weight excluding hydrogens is 367 g/mol. The highest BCUT2D eigenvalue weighted by atomic mass is 35.5. The van der Waals surface area contributed by atoms with Gasteiger partial charge in [-0.25, -0.2) is 4.39 Å². The maximum atomic E-state index is 12.9. The Balaban J connectivity index is 1.38. The van der Waals surface area contributed by atoms with Crippen molar-refractivity contribution in [1.82, 2.24) is 10.2 Å². The molecule has 1 aliphatic rings. The van der Waals surface area contributed by atoms with Gasteiger partial charge in [0.2, 0.25) is 0 Å². The Labute approximate surface area is 165 Å². The van der Waals surface area contributed by atoms with Crippen LogP contribution in [-0.4, -0.2) is 23.1 Å². The second-order valence-corrected chi connectivity index (χ2v) is 7.70. The van der Waals surface area contributed by atoms with Gasteiger partial charge < -0.3 is 10.2 Å². The van der Waals surface area contributed by atoms with Crippen LogP contribution in [0.5, 0.6) is 0 Å². The van der Waals surface area contributed by atoms with Crippen molar-refractivity contribution in [3.8, 4) is 0 Å². The van der Waals surface area contributed by atoms with E-state index in [-0.39, 0.29) is 5.82 Å². The number of halogens is 2. The predicted octanol–water partition coefficient (Wildman–Crippen LogP) is 5.20. The first kappa shape index (κ1) is 19.1. The Morgan fingerprint density at radius 2 is 1.65 bits per heavy atom. The van der Waals surface area contributed by atoms with E-state index < -0.39 is 0 Å². The summed E-state index contributed by atoms with van der Waals surface area (Å²) in [6.07, 6.45) is 4.66. The molecule has 2 aromatic carbocycles. The SMILES string of the molecule is Fc1ccc(CNC(=S)N2CCC(CCc3ccc(Cl)cc3)CC2)cc1. The van der Waals surface area contributed by atoms with Crippen LogP contribution < -0.4 is 5.32 Å². The van der Waals surface area contributed by atoms with Gasteiger partial charge in [-0.05, 0) is 79.2 Å². The van der Waals surface area contributed by atoms with Crippen molar-refractivity contribution in [3.05, 3.63) is 70.5 Å². The van der Waals surface area contributed by atoms with E-state index in [0.29, 0.717) is 6.54 Å². The molecular formula is C21H24ClFN2S. The predicted molar refractivity (Wildman–Crippen MR) is 110 cm³/mol. The van der Waals surface area contributed by atoms with Crippen LogP contribution in [0.4, 0.5) is 4.39 Å². The molecule has 26 heavy (non-hydrogen) atoms. The summed E-state index contributed by atoms with van der Waals surface area (Å²) < 4.78 is 12.9. The largest absolute Gasteiger partial charge is 0.358 e. The molecule has 5 heteroatoms. The van der Waals surface area contributed by atoms with Crippen molar-refractivity contribution in [2.45, 2.75) is 32.2 Å². The quantitative estimate of drug-likeness (QED) is 0.706. The lowest BCUT2D eigenvalue weighted by Gasteiger charge is -2.34. The summed E-state index contributed by atoms with van der Waals surface area (Å²) in [4.78, 5) is 2.25. The van der Waals surface area contributed by atoms with Gasteiger partial charge in [0.25, 0.3) is 0 Å². The Bertz CT molecular complexity index is 710. The van der Waals surface area contributed by atoms with E-state index in [1.165, 1.54) is 37.0 Å². The topological polar surface area (TPSA) is 15.3 Å². The molecule has 1 aliphatic heterocycles. The van der Waals surface area contributed by atoms with Gasteiger partial charge in [0.1, 0.15) is 5.82 Å². The number of nitrogens with one attached hydrogen (secondary N) is 1. The third-order valence-electron chi connectivity index (χ3n) is 5.01. The van der Waals surface area contributed by atoms with Crippen molar-refractivity contribution in [2.75, 3.05) is 13.1 Å². The molecule has 1 heterocycles. The van der Waals surface area contributed by atoms with Crippen LogP contribution in [0, 0.1) is 11.7 Å². The number of thiocarbonyl (C=S) groups is 1. The van der Waals surface area contributed by atoms with Crippen LogP contribution >= 0.6 is 23.8 Å². The van der Waals surface area contributed by atoms with Crippen LogP contribution in [0.1, 0.15) is 30.4 Å². The molecule has 0 bridgehead atoms. The number of hydrogen-bond acceptors (Lipinski definition) is 1. The van der Waals surface area contributed by atoms with E-state index in [4.69, 9.17) is 23.8 Å². The zero-order valence-electron chi connectivity index (χ0n) is 14.8. The first-order chi connectivity index (χ1) is 12.6. The maximum Gasteiger partial charge on any atom is 0.169 e. The number of hydrogen-bond donors (Lipinski definition) is 1. The third-order valence-corrected chi connectivity index (χ3v) is 5.67. The van der Waals surface area contributed by atoms with Crippen LogP contribution in [0.2, 0.25) is 5.02 Å². The highest BCUT2D eigenvalue weighted by Gasteiger charge is 2.20. The van der Waals surface area contributed by atoms with E-state index in [1.807, 2.05) is 12.1 Å². The molecule has 0 unspecified atom stereocenters. The van der Waals surface area contributed by atoms with Crippen LogP contribution in [0.25, 0.3) is 0 Å². The molecule has 3 rings (SSSR count). The summed E-state index contributed by atoms with van der Waals surface area (Å²) >= 11 is 11.5. The Hall–Kier alpha value is -1.65. The smallest absolute Gasteiger partial charge is 0.169 e. The molecule has 1 saturated heterocycles. The molecule has 0 amide bonds. The minimum absolute atomic E-state index is 0.211. The van der Waals surface area contributed by atoms with E-state index >= 15 is 0 Å². The monoisotopic (exact) mass is 390 g/mol. The van der Waals surface area contributed by atoms with Gasteiger partial charge in [-0.3, -0.25) is 0 Å². The molecule has 138 valence electrons. The van der Waals surface area contributed by atoms with E-state index in [9.17, 15) is 4.39 Å². The maximum absolute atomic E-state index is 12.9. The standard InChI is InChI=1S/C21H24ClFN2S/c22-19-7-3-16(4-8-19)1-2-17-11-13-25(14-12-17)21(26)24-15-18-5-9-20(23)10-6-18/h3-10,17H,1-2,11-15H2,(H,24,26). The molecule has 0 spiro atoms. The summed E-state index contributed by atoms with van der Waals surface area (Å²) in [5, 5.41) is 4.88. The fraction of sp³-hybridized carbons (Fsp3) is 0.381.